The number of carbonyl (C=O) groups is 1. The van der Waals surface area contributed by atoms with Gasteiger partial charge in [-0.1, -0.05) is 24.3 Å². The molecule has 0 aliphatic heterocycles. The summed E-state index contributed by atoms with van der Waals surface area (Å²) in [5, 5.41) is 0. The van der Waals surface area contributed by atoms with Gasteiger partial charge in [0.2, 0.25) is 5.91 Å². The number of nitrogens with zero attached hydrogens (tertiary/aromatic N) is 1. The van der Waals surface area contributed by atoms with Gasteiger partial charge in [-0.25, -0.2) is 0 Å². The Morgan fingerprint density at radius 1 is 1.12 bits per heavy atom. The van der Waals surface area contributed by atoms with E-state index in [1.807, 2.05) is 30.1 Å². The highest BCUT2D eigenvalue weighted by Gasteiger charge is 2.26. The van der Waals surface area contributed by atoms with Gasteiger partial charge in [0, 0.05) is 19.5 Å². The molecule has 4 heteroatoms. The Hall–Kier alpha value is -2.49. The van der Waals surface area contributed by atoms with Gasteiger partial charge in [-0.3, -0.25) is 4.79 Å². The molecule has 0 heterocycles. The minimum absolute atomic E-state index is 0.175. The van der Waals surface area contributed by atoms with Crippen LogP contribution in [0.2, 0.25) is 0 Å². The summed E-state index contributed by atoms with van der Waals surface area (Å²) in [5.74, 6) is 1.68. The number of fused-ring (bicyclic) bond motifs is 1. The zero-order valence-electron chi connectivity index (χ0n) is 15.8. The highest BCUT2D eigenvalue weighted by molar-refractivity contribution is 5.77. The first kappa shape index (κ1) is 18.3. The predicted molar refractivity (Wildman–Crippen MR) is 103 cm³/mol. The van der Waals surface area contributed by atoms with Gasteiger partial charge >= 0.3 is 0 Å². The standard InChI is InChI=1S/C22H27NO3/c1-23(21-10-6-8-17-7-4-5-9-20(17)21)22(24)12-11-16-13-18(25-2)15-19(14-16)26-3/h4-5,7,9,13-15,21H,6,8,10-12H2,1-3H3. The second-order valence-electron chi connectivity index (χ2n) is 6.83. The van der Waals surface area contributed by atoms with Crippen molar-refractivity contribution in [3.05, 3.63) is 59.2 Å². The third-order valence-corrected chi connectivity index (χ3v) is 5.24. The molecule has 3 rings (SSSR count). The summed E-state index contributed by atoms with van der Waals surface area (Å²) in [4.78, 5) is 14.7. The second-order valence-corrected chi connectivity index (χ2v) is 6.83. The molecule has 0 saturated heterocycles. The van der Waals surface area contributed by atoms with Gasteiger partial charge in [-0.2, -0.15) is 0 Å². The molecule has 0 aromatic heterocycles. The lowest BCUT2D eigenvalue weighted by molar-refractivity contribution is -0.132. The minimum atomic E-state index is 0.175. The number of aryl methyl sites for hydroxylation is 2. The van der Waals surface area contributed by atoms with Crippen LogP contribution in [-0.4, -0.2) is 32.1 Å². The van der Waals surface area contributed by atoms with E-state index in [1.165, 1.54) is 11.1 Å². The van der Waals surface area contributed by atoms with Crippen molar-refractivity contribution in [2.24, 2.45) is 0 Å². The second kappa shape index (κ2) is 8.26. The van der Waals surface area contributed by atoms with Gasteiger partial charge in [0.05, 0.1) is 20.3 Å². The van der Waals surface area contributed by atoms with E-state index in [2.05, 4.69) is 24.3 Å². The zero-order valence-corrected chi connectivity index (χ0v) is 15.8. The average molecular weight is 353 g/mol. The van der Waals surface area contributed by atoms with Crippen molar-refractivity contribution in [2.45, 2.75) is 38.1 Å². The first-order valence-corrected chi connectivity index (χ1v) is 9.17. The lowest BCUT2D eigenvalue weighted by Gasteiger charge is -2.33. The fraction of sp³-hybridized carbons (Fsp3) is 0.409. The average Bonchev–Trinajstić information content (AvgIpc) is 2.70. The fourth-order valence-electron chi connectivity index (χ4n) is 3.74. The number of hydrogen-bond donors (Lipinski definition) is 0. The van der Waals surface area contributed by atoms with Crippen LogP contribution in [0.15, 0.2) is 42.5 Å². The molecule has 0 radical (unpaired) electrons. The number of hydrogen-bond acceptors (Lipinski definition) is 3. The highest BCUT2D eigenvalue weighted by atomic mass is 16.5. The Kier molecular flexibility index (Phi) is 5.82. The van der Waals surface area contributed by atoms with Crippen molar-refractivity contribution < 1.29 is 14.3 Å². The molecule has 2 aromatic rings. The molecule has 0 N–H and O–H groups in total. The monoisotopic (exact) mass is 353 g/mol. The fourth-order valence-corrected chi connectivity index (χ4v) is 3.74. The molecule has 0 saturated carbocycles. The predicted octanol–water partition coefficient (Wildman–Crippen LogP) is 4.17. The summed E-state index contributed by atoms with van der Waals surface area (Å²) < 4.78 is 10.6. The van der Waals surface area contributed by atoms with E-state index < -0.39 is 0 Å². The number of amides is 1. The Balaban J connectivity index is 1.67. The number of carbonyl (C=O) groups excluding carboxylic acids is 1. The third kappa shape index (κ3) is 4.01. The quantitative estimate of drug-likeness (QED) is 0.782. The van der Waals surface area contributed by atoms with Crippen molar-refractivity contribution >= 4 is 5.91 Å². The van der Waals surface area contributed by atoms with E-state index in [1.54, 1.807) is 14.2 Å². The van der Waals surface area contributed by atoms with E-state index >= 15 is 0 Å². The maximum Gasteiger partial charge on any atom is 0.223 e. The highest BCUT2D eigenvalue weighted by Crippen LogP contribution is 2.34. The third-order valence-electron chi connectivity index (χ3n) is 5.24. The van der Waals surface area contributed by atoms with Gasteiger partial charge in [0.1, 0.15) is 11.5 Å². The Bertz CT molecular complexity index is 749. The topological polar surface area (TPSA) is 38.8 Å². The van der Waals surface area contributed by atoms with E-state index in [0.717, 1.165) is 36.3 Å². The maximum atomic E-state index is 12.8. The summed E-state index contributed by atoms with van der Waals surface area (Å²) in [6, 6.07) is 14.5. The maximum absolute atomic E-state index is 12.8. The molecule has 1 unspecified atom stereocenters. The molecule has 26 heavy (non-hydrogen) atoms. The summed E-state index contributed by atoms with van der Waals surface area (Å²) in [6.45, 7) is 0. The van der Waals surface area contributed by atoms with E-state index in [4.69, 9.17) is 9.47 Å². The summed E-state index contributed by atoms with van der Waals surface area (Å²) in [6.07, 6.45) is 4.42. The Morgan fingerprint density at radius 2 is 1.81 bits per heavy atom. The molecular formula is C22H27NO3. The largest absolute Gasteiger partial charge is 0.497 e. The van der Waals surface area contributed by atoms with Gasteiger partial charge in [0.25, 0.3) is 0 Å². The summed E-state index contributed by atoms with van der Waals surface area (Å²) >= 11 is 0. The molecule has 1 atom stereocenters. The van der Waals surface area contributed by atoms with Crippen LogP contribution in [0.5, 0.6) is 11.5 Å². The summed E-state index contributed by atoms with van der Waals surface area (Å²) in [5.41, 5.74) is 3.73. The number of benzene rings is 2. The molecule has 1 aliphatic rings. The van der Waals surface area contributed by atoms with Crippen molar-refractivity contribution in [1.29, 1.82) is 0 Å². The Morgan fingerprint density at radius 3 is 2.50 bits per heavy atom. The van der Waals surface area contributed by atoms with Crippen molar-refractivity contribution in [2.75, 3.05) is 21.3 Å². The first-order chi connectivity index (χ1) is 12.6. The van der Waals surface area contributed by atoms with Crippen LogP contribution >= 0.6 is 0 Å². The lowest BCUT2D eigenvalue weighted by atomic mass is 9.87. The SMILES string of the molecule is COc1cc(CCC(=O)N(C)C2CCCc3ccccc32)cc(OC)c1. The van der Waals surface area contributed by atoms with E-state index in [9.17, 15) is 4.79 Å². The van der Waals surface area contributed by atoms with Crippen LogP contribution in [0.4, 0.5) is 0 Å². The summed E-state index contributed by atoms with van der Waals surface area (Å²) in [7, 11) is 5.21. The minimum Gasteiger partial charge on any atom is -0.497 e. The van der Waals surface area contributed by atoms with Gasteiger partial charge in [-0.05, 0) is 54.5 Å². The molecule has 4 nitrogen and oxygen atoms in total. The van der Waals surface area contributed by atoms with Crippen LogP contribution < -0.4 is 9.47 Å². The smallest absolute Gasteiger partial charge is 0.223 e. The Labute approximate surface area is 155 Å². The van der Waals surface area contributed by atoms with E-state index in [-0.39, 0.29) is 11.9 Å². The molecule has 0 bridgehead atoms. The molecule has 138 valence electrons. The van der Waals surface area contributed by atoms with Crippen molar-refractivity contribution in [3.63, 3.8) is 0 Å². The van der Waals surface area contributed by atoms with Gasteiger partial charge in [-0.15, -0.1) is 0 Å². The molecular weight excluding hydrogens is 326 g/mol. The molecule has 0 fully saturated rings. The van der Waals surface area contributed by atoms with Gasteiger partial charge in [0.15, 0.2) is 0 Å². The molecule has 2 aromatic carbocycles. The molecule has 1 aliphatic carbocycles. The normalized spacial score (nSPS) is 15.9. The van der Waals surface area contributed by atoms with Crippen LogP contribution in [0.25, 0.3) is 0 Å². The number of rotatable bonds is 6. The van der Waals surface area contributed by atoms with Crippen LogP contribution in [0.1, 0.15) is 42.0 Å². The van der Waals surface area contributed by atoms with Crippen molar-refractivity contribution in [1.82, 2.24) is 4.90 Å². The van der Waals surface area contributed by atoms with Gasteiger partial charge < -0.3 is 14.4 Å². The van der Waals surface area contributed by atoms with Crippen molar-refractivity contribution in [3.8, 4) is 11.5 Å². The van der Waals surface area contributed by atoms with Crippen LogP contribution in [-0.2, 0) is 17.6 Å². The number of methoxy groups -OCH3 is 2. The van der Waals surface area contributed by atoms with Crippen LogP contribution in [0, 0.1) is 0 Å². The lowest BCUT2D eigenvalue weighted by Crippen LogP contribution is -2.33. The van der Waals surface area contributed by atoms with E-state index in [0.29, 0.717) is 12.8 Å². The first-order valence-electron chi connectivity index (χ1n) is 9.17. The van der Waals surface area contributed by atoms with Crippen LogP contribution in [0.3, 0.4) is 0 Å². The zero-order chi connectivity index (χ0) is 18.5. The number of ether oxygens (including phenoxy) is 2. The molecule has 1 amide bonds. The molecule has 0 spiro atoms.